The van der Waals surface area contributed by atoms with E-state index >= 15 is 0 Å². The highest BCUT2D eigenvalue weighted by molar-refractivity contribution is 9.11. The summed E-state index contributed by atoms with van der Waals surface area (Å²) in [6, 6.07) is 2.11. The van der Waals surface area contributed by atoms with E-state index in [0.29, 0.717) is 0 Å². The fraction of sp³-hybridized carbons (Fsp3) is 0.636. The van der Waals surface area contributed by atoms with Gasteiger partial charge in [-0.15, -0.1) is 11.3 Å². The zero-order chi connectivity index (χ0) is 11.3. The first-order valence-corrected chi connectivity index (χ1v) is 6.86. The number of rotatable bonds is 6. The Bertz CT molecular complexity index is 303. The quantitative estimate of drug-likeness (QED) is 0.844. The first-order chi connectivity index (χ1) is 7.09. The first-order valence-electron chi connectivity index (χ1n) is 5.18. The molecule has 1 atom stereocenters. The number of halogens is 1. The standard InChI is InChI=1S/C11H18BrNOS/c1-3-4-11(2,8-14)13-6-9-5-10(12)15-7-9/h5,7,13-14H,3-4,6,8H2,1-2H3. The van der Waals surface area contributed by atoms with Crippen molar-refractivity contribution in [3.05, 3.63) is 20.8 Å². The van der Waals surface area contributed by atoms with Gasteiger partial charge < -0.3 is 10.4 Å². The second-order valence-corrected chi connectivity index (χ2v) is 6.37. The van der Waals surface area contributed by atoms with Gasteiger partial charge >= 0.3 is 0 Å². The highest BCUT2D eigenvalue weighted by Crippen LogP contribution is 2.21. The minimum atomic E-state index is -0.150. The summed E-state index contributed by atoms with van der Waals surface area (Å²) in [5, 5.41) is 14.9. The van der Waals surface area contributed by atoms with Gasteiger partial charge in [-0.3, -0.25) is 0 Å². The number of hydrogen-bond donors (Lipinski definition) is 2. The van der Waals surface area contributed by atoms with Crippen LogP contribution >= 0.6 is 27.3 Å². The lowest BCUT2D eigenvalue weighted by atomic mass is 9.97. The van der Waals surface area contributed by atoms with Crippen LogP contribution < -0.4 is 5.32 Å². The minimum absolute atomic E-state index is 0.150. The molecule has 0 saturated carbocycles. The molecule has 0 aliphatic carbocycles. The Morgan fingerprint density at radius 1 is 1.60 bits per heavy atom. The number of thiophene rings is 1. The molecule has 2 nitrogen and oxygen atoms in total. The van der Waals surface area contributed by atoms with Crippen molar-refractivity contribution in [1.29, 1.82) is 0 Å². The van der Waals surface area contributed by atoms with E-state index in [9.17, 15) is 5.11 Å². The van der Waals surface area contributed by atoms with Gasteiger partial charge in [0.25, 0.3) is 0 Å². The second-order valence-electron chi connectivity index (χ2n) is 4.08. The molecule has 1 heterocycles. The van der Waals surface area contributed by atoms with E-state index in [2.05, 4.69) is 46.5 Å². The van der Waals surface area contributed by atoms with Crippen LogP contribution in [0.2, 0.25) is 0 Å². The van der Waals surface area contributed by atoms with Gasteiger partial charge in [-0.25, -0.2) is 0 Å². The molecule has 15 heavy (non-hydrogen) atoms. The molecule has 0 aliphatic heterocycles. The van der Waals surface area contributed by atoms with Crippen molar-refractivity contribution in [2.75, 3.05) is 6.61 Å². The van der Waals surface area contributed by atoms with Crippen molar-refractivity contribution in [2.24, 2.45) is 0 Å². The predicted molar refractivity (Wildman–Crippen MR) is 69.3 cm³/mol. The van der Waals surface area contributed by atoms with Gasteiger partial charge in [0.05, 0.1) is 10.4 Å². The molecule has 0 aromatic carbocycles. The topological polar surface area (TPSA) is 32.3 Å². The Balaban J connectivity index is 2.47. The third-order valence-electron chi connectivity index (χ3n) is 2.49. The fourth-order valence-electron chi connectivity index (χ4n) is 1.53. The van der Waals surface area contributed by atoms with Gasteiger partial charge in [-0.05, 0) is 46.3 Å². The van der Waals surface area contributed by atoms with Gasteiger partial charge in [0.1, 0.15) is 0 Å². The lowest BCUT2D eigenvalue weighted by Gasteiger charge is -2.28. The Hall–Kier alpha value is 0.100. The van der Waals surface area contributed by atoms with Crippen LogP contribution in [0.15, 0.2) is 15.2 Å². The summed E-state index contributed by atoms with van der Waals surface area (Å²) in [6.45, 7) is 5.21. The van der Waals surface area contributed by atoms with E-state index < -0.39 is 0 Å². The summed E-state index contributed by atoms with van der Waals surface area (Å²) in [5.74, 6) is 0. The molecular weight excluding hydrogens is 274 g/mol. The average molecular weight is 292 g/mol. The monoisotopic (exact) mass is 291 g/mol. The Morgan fingerprint density at radius 3 is 2.80 bits per heavy atom. The normalized spacial score (nSPS) is 15.2. The summed E-state index contributed by atoms with van der Waals surface area (Å²) in [7, 11) is 0. The van der Waals surface area contributed by atoms with Crippen LogP contribution in [0.3, 0.4) is 0 Å². The second kappa shape index (κ2) is 5.99. The SMILES string of the molecule is CCCC(C)(CO)NCc1csc(Br)c1. The van der Waals surface area contributed by atoms with E-state index in [4.69, 9.17) is 0 Å². The van der Waals surface area contributed by atoms with Crippen molar-refractivity contribution in [3.63, 3.8) is 0 Å². The molecule has 1 unspecified atom stereocenters. The largest absolute Gasteiger partial charge is 0.394 e. The summed E-state index contributed by atoms with van der Waals surface area (Å²) in [4.78, 5) is 0. The van der Waals surface area contributed by atoms with Crippen molar-refractivity contribution >= 4 is 27.3 Å². The van der Waals surface area contributed by atoms with Crippen LogP contribution in [0.5, 0.6) is 0 Å². The maximum Gasteiger partial charge on any atom is 0.0701 e. The predicted octanol–water partition coefficient (Wildman–Crippen LogP) is 3.15. The van der Waals surface area contributed by atoms with Crippen molar-refractivity contribution < 1.29 is 5.11 Å². The van der Waals surface area contributed by atoms with E-state index in [1.165, 1.54) is 5.56 Å². The molecule has 1 rings (SSSR count). The van der Waals surface area contributed by atoms with Gasteiger partial charge in [-0.1, -0.05) is 13.3 Å². The molecule has 0 radical (unpaired) electrons. The molecular formula is C11H18BrNOS. The summed E-state index contributed by atoms with van der Waals surface area (Å²) < 4.78 is 1.15. The number of hydrogen-bond acceptors (Lipinski definition) is 3. The lowest BCUT2D eigenvalue weighted by molar-refractivity contribution is 0.163. The molecule has 4 heteroatoms. The molecule has 0 spiro atoms. The zero-order valence-electron chi connectivity index (χ0n) is 9.22. The van der Waals surface area contributed by atoms with Crippen LogP contribution in [-0.4, -0.2) is 17.3 Å². The van der Waals surface area contributed by atoms with Crippen LogP contribution in [0.25, 0.3) is 0 Å². The number of nitrogens with one attached hydrogen (secondary N) is 1. The van der Waals surface area contributed by atoms with Crippen LogP contribution in [-0.2, 0) is 6.54 Å². The molecule has 86 valence electrons. The molecule has 1 aromatic heterocycles. The van der Waals surface area contributed by atoms with Gasteiger partial charge in [0, 0.05) is 12.1 Å². The Kier molecular flexibility index (Phi) is 5.26. The van der Waals surface area contributed by atoms with Gasteiger partial charge in [0.2, 0.25) is 0 Å². The van der Waals surface area contributed by atoms with Crippen LogP contribution in [0.4, 0.5) is 0 Å². The highest BCUT2D eigenvalue weighted by atomic mass is 79.9. The minimum Gasteiger partial charge on any atom is -0.394 e. The van der Waals surface area contributed by atoms with Crippen molar-refractivity contribution in [3.8, 4) is 0 Å². The third-order valence-corrected chi connectivity index (χ3v) is 4.05. The van der Waals surface area contributed by atoms with E-state index in [0.717, 1.165) is 23.2 Å². The fourth-order valence-corrected chi connectivity index (χ4v) is 2.74. The van der Waals surface area contributed by atoms with Crippen molar-refractivity contribution in [2.45, 2.75) is 38.8 Å². The van der Waals surface area contributed by atoms with E-state index in [1.807, 2.05) is 0 Å². The highest BCUT2D eigenvalue weighted by Gasteiger charge is 2.21. The Morgan fingerprint density at radius 2 is 2.33 bits per heavy atom. The molecule has 2 N–H and O–H groups in total. The zero-order valence-corrected chi connectivity index (χ0v) is 11.6. The average Bonchev–Trinajstić information content (AvgIpc) is 2.62. The maximum absolute atomic E-state index is 9.33. The lowest BCUT2D eigenvalue weighted by Crippen LogP contribution is -2.45. The van der Waals surface area contributed by atoms with Gasteiger partial charge in [0.15, 0.2) is 0 Å². The summed E-state index contributed by atoms with van der Waals surface area (Å²) >= 11 is 5.13. The molecule has 0 fully saturated rings. The molecule has 0 aliphatic rings. The molecule has 0 amide bonds. The maximum atomic E-state index is 9.33. The van der Waals surface area contributed by atoms with Gasteiger partial charge in [-0.2, -0.15) is 0 Å². The third kappa shape index (κ3) is 4.23. The molecule has 0 saturated heterocycles. The van der Waals surface area contributed by atoms with E-state index in [1.54, 1.807) is 11.3 Å². The van der Waals surface area contributed by atoms with Crippen LogP contribution in [0, 0.1) is 0 Å². The summed E-state index contributed by atoms with van der Waals surface area (Å²) in [6.07, 6.45) is 2.08. The smallest absolute Gasteiger partial charge is 0.0701 e. The first kappa shape index (κ1) is 13.2. The number of aliphatic hydroxyl groups excluding tert-OH is 1. The van der Waals surface area contributed by atoms with E-state index in [-0.39, 0.29) is 12.1 Å². The Labute approximate surface area is 104 Å². The molecule has 0 bridgehead atoms. The van der Waals surface area contributed by atoms with Crippen molar-refractivity contribution in [1.82, 2.24) is 5.32 Å². The van der Waals surface area contributed by atoms with Crippen LogP contribution in [0.1, 0.15) is 32.3 Å². The number of aliphatic hydroxyl groups is 1. The summed E-state index contributed by atoms with van der Waals surface area (Å²) in [5.41, 5.74) is 1.12. The molecule has 1 aromatic rings.